The first-order valence-electron chi connectivity index (χ1n) is 6.29. The number of rotatable bonds is 0. The van der Waals surface area contributed by atoms with Gasteiger partial charge in [0.15, 0.2) is 0 Å². The number of carbonyl (C=O) groups excluding carboxylic acids is 4. The van der Waals surface area contributed by atoms with Crippen molar-refractivity contribution in [2.24, 2.45) is 21.7 Å². The van der Waals surface area contributed by atoms with Crippen molar-refractivity contribution in [1.29, 1.82) is 0 Å². The molecule has 5 aliphatic rings. The van der Waals surface area contributed by atoms with Gasteiger partial charge in [0.05, 0.1) is 0 Å². The van der Waals surface area contributed by atoms with E-state index in [4.69, 9.17) is 9.47 Å². The van der Waals surface area contributed by atoms with Crippen molar-refractivity contribution in [3.8, 4) is 0 Å². The minimum absolute atomic E-state index is 0.283. The van der Waals surface area contributed by atoms with Crippen LogP contribution < -0.4 is 0 Å². The van der Waals surface area contributed by atoms with E-state index in [9.17, 15) is 19.2 Å². The third-order valence-corrected chi connectivity index (χ3v) is 6.39. The summed E-state index contributed by atoms with van der Waals surface area (Å²) in [5.41, 5.74) is -3.51. The summed E-state index contributed by atoms with van der Waals surface area (Å²) in [6.45, 7) is 3.50. The highest BCUT2D eigenvalue weighted by molar-refractivity contribution is 6.21. The number of cyclic esters (lactones) is 4. The Balaban J connectivity index is 1.97. The predicted octanol–water partition coefficient (Wildman–Crippen LogP) is 0.0322. The molecule has 2 spiro atoms. The lowest BCUT2D eigenvalue weighted by Gasteiger charge is -2.37. The highest BCUT2D eigenvalue weighted by Crippen LogP contribution is 2.96. The van der Waals surface area contributed by atoms with Gasteiger partial charge in [-0.15, -0.1) is 0 Å². The second-order valence-electron chi connectivity index (χ2n) is 6.34. The molecule has 0 aromatic heterocycles. The fraction of sp³-hybridized carbons (Fsp3) is 0.429. The van der Waals surface area contributed by atoms with Crippen LogP contribution in [0.2, 0.25) is 0 Å². The van der Waals surface area contributed by atoms with Gasteiger partial charge in [0.1, 0.15) is 10.8 Å². The molecule has 0 radical (unpaired) electrons. The van der Waals surface area contributed by atoms with Crippen LogP contribution in [0.25, 0.3) is 0 Å². The fourth-order valence-corrected chi connectivity index (χ4v) is 5.30. The lowest BCUT2D eigenvalue weighted by atomic mass is 9.66. The molecule has 0 aromatic rings. The molecule has 0 aromatic carbocycles. The molecule has 2 aliphatic heterocycles. The first kappa shape index (κ1) is 10.5. The van der Waals surface area contributed by atoms with Crippen molar-refractivity contribution >= 4 is 23.9 Å². The zero-order valence-corrected chi connectivity index (χ0v) is 10.6. The van der Waals surface area contributed by atoms with E-state index in [0.717, 1.165) is 0 Å². The molecule has 2 atom stereocenters. The maximum atomic E-state index is 12.2. The van der Waals surface area contributed by atoms with Crippen LogP contribution in [0.15, 0.2) is 23.3 Å². The molecule has 5 rings (SSSR count). The molecule has 6 heteroatoms. The van der Waals surface area contributed by atoms with Crippen molar-refractivity contribution in [2.75, 3.05) is 0 Å². The number of hydrogen-bond acceptors (Lipinski definition) is 6. The van der Waals surface area contributed by atoms with Gasteiger partial charge in [-0.05, 0) is 0 Å². The summed E-state index contributed by atoms with van der Waals surface area (Å²) in [7, 11) is 0. The average molecular weight is 272 g/mol. The molecule has 0 N–H and O–H groups in total. The molecule has 2 saturated heterocycles. The summed E-state index contributed by atoms with van der Waals surface area (Å²) < 4.78 is 9.47. The van der Waals surface area contributed by atoms with Crippen LogP contribution in [-0.4, -0.2) is 23.9 Å². The smallest absolute Gasteiger partial charge is 0.342 e. The van der Waals surface area contributed by atoms with Crippen molar-refractivity contribution in [2.45, 2.75) is 13.8 Å². The van der Waals surface area contributed by atoms with Gasteiger partial charge in [-0.1, -0.05) is 26.0 Å². The van der Waals surface area contributed by atoms with Gasteiger partial charge in [0, 0.05) is 22.0 Å². The zero-order valence-electron chi connectivity index (χ0n) is 10.6. The summed E-state index contributed by atoms with van der Waals surface area (Å²) in [5, 5.41) is 0. The molecule has 2 heterocycles. The zero-order chi connectivity index (χ0) is 14.3. The topological polar surface area (TPSA) is 86.7 Å². The second-order valence-corrected chi connectivity index (χ2v) is 6.34. The molecule has 0 bridgehead atoms. The van der Waals surface area contributed by atoms with Crippen molar-refractivity contribution in [1.82, 2.24) is 0 Å². The van der Waals surface area contributed by atoms with Crippen LogP contribution in [-0.2, 0) is 28.7 Å². The van der Waals surface area contributed by atoms with Crippen molar-refractivity contribution in [3.05, 3.63) is 23.3 Å². The van der Waals surface area contributed by atoms with Gasteiger partial charge < -0.3 is 9.47 Å². The van der Waals surface area contributed by atoms with Crippen molar-refractivity contribution < 1.29 is 28.7 Å². The number of esters is 4. The molecule has 3 fully saturated rings. The van der Waals surface area contributed by atoms with Crippen molar-refractivity contribution in [3.63, 3.8) is 0 Å². The highest BCUT2D eigenvalue weighted by atomic mass is 16.6. The normalized spacial score (nSPS) is 53.1. The van der Waals surface area contributed by atoms with E-state index < -0.39 is 45.5 Å². The number of hydrogen-bond donors (Lipinski definition) is 0. The Morgan fingerprint density at radius 2 is 1.25 bits per heavy atom. The summed E-state index contributed by atoms with van der Waals surface area (Å²) in [6.07, 6.45) is 3.00. The van der Waals surface area contributed by atoms with E-state index in [2.05, 4.69) is 0 Å². The molecule has 1 saturated carbocycles. The lowest BCUT2D eigenvalue weighted by molar-refractivity contribution is -0.164. The van der Waals surface area contributed by atoms with E-state index in [1.54, 1.807) is 13.8 Å². The molecular weight excluding hydrogens is 264 g/mol. The Morgan fingerprint density at radius 3 is 1.70 bits per heavy atom. The SMILES string of the molecule is CC12C3=CC45C(=O)OC(=O)C4(C=C1C(=O)OC3=O)C25C. The van der Waals surface area contributed by atoms with E-state index >= 15 is 0 Å². The molecular formula is C14H8O6. The Labute approximate surface area is 112 Å². The average Bonchev–Trinajstić information content (AvgIpc) is 2.51. The molecule has 3 aliphatic carbocycles. The minimum Gasteiger partial charge on any atom is -0.392 e. The largest absolute Gasteiger partial charge is 0.392 e. The Bertz CT molecular complexity index is 727. The van der Waals surface area contributed by atoms with Crippen LogP contribution >= 0.6 is 0 Å². The molecule has 100 valence electrons. The van der Waals surface area contributed by atoms with E-state index in [1.165, 1.54) is 12.2 Å². The summed E-state index contributed by atoms with van der Waals surface area (Å²) in [5.74, 6) is -2.74. The van der Waals surface area contributed by atoms with E-state index in [1.807, 2.05) is 0 Å². The van der Waals surface area contributed by atoms with Crippen LogP contribution in [0.5, 0.6) is 0 Å². The maximum absolute atomic E-state index is 12.2. The van der Waals surface area contributed by atoms with Gasteiger partial charge in [-0.3, -0.25) is 9.59 Å². The Hall–Kier alpha value is -2.24. The van der Waals surface area contributed by atoms with E-state index in [-0.39, 0.29) is 11.1 Å². The summed E-state index contributed by atoms with van der Waals surface area (Å²) in [6, 6.07) is 0. The van der Waals surface area contributed by atoms with Crippen LogP contribution in [0.1, 0.15) is 13.8 Å². The molecule has 6 nitrogen and oxygen atoms in total. The molecule has 0 amide bonds. The third-order valence-electron chi connectivity index (χ3n) is 6.39. The second kappa shape index (κ2) is 2.17. The van der Waals surface area contributed by atoms with Gasteiger partial charge in [-0.2, -0.15) is 0 Å². The highest BCUT2D eigenvalue weighted by Gasteiger charge is 3.04. The molecule has 20 heavy (non-hydrogen) atoms. The quantitative estimate of drug-likeness (QED) is 0.457. The predicted molar refractivity (Wildman–Crippen MR) is 59.4 cm³/mol. The van der Waals surface area contributed by atoms with Crippen LogP contribution in [0.3, 0.4) is 0 Å². The summed E-state index contributed by atoms with van der Waals surface area (Å²) >= 11 is 0. The molecule has 2 unspecified atom stereocenters. The minimum atomic E-state index is -1.14. The van der Waals surface area contributed by atoms with Gasteiger partial charge in [0.25, 0.3) is 0 Å². The summed E-state index contributed by atoms with van der Waals surface area (Å²) in [4.78, 5) is 48.3. The Kier molecular flexibility index (Phi) is 1.15. The van der Waals surface area contributed by atoms with Gasteiger partial charge in [-0.25, -0.2) is 9.59 Å². The van der Waals surface area contributed by atoms with Crippen LogP contribution in [0, 0.1) is 21.7 Å². The first-order chi connectivity index (χ1) is 9.29. The monoisotopic (exact) mass is 272 g/mol. The number of carbonyl (C=O) groups is 4. The first-order valence-corrected chi connectivity index (χ1v) is 6.29. The maximum Gasteiger partial charge on any atom is 0.342 e. The Morgan fingerprint density at radius 1 is 0.800 bits per heavy atom. The lowest BCUT2D eigenvalue weighted by Crippen LogP contribution is -2.42. The third kappa shape index (κ3) is 0.514. The van der Waals surface area contributed by atoms with E-state index in [0.29, 0.717) is 0 Å². The van der Waals surface area contributed by atoms with Gasteiger partial charge in [0.2, 0.25) is 0 Å². The number of ether oxygens (including phenoxy) is 2. The fourth-order valence-electron chi connectivity index (χ4n) is 5.30. The standard InChI is InChI=1S/C14H8O6/c1-11-5-3-13-9(17)20-10(18)14(13,12(11,13)2)4-6(11)8(16)19-7(5)15/h3-4H,1-2H3. The van der Waals surface area contributed by atoms with Crippen LogP contribution in [0.4, 0.5) is 0 Å². The van der Waals surface area contributed by atoms with Gasteiger partial charge >= 0.3 is 23.9 Å².